The first-order valence-electron chi connectivity index (χ1n) is 6.55. The molecule has 0 saturated carbocycles. The zero-order valence-corrected chi connectivity index (χ0v) is 10.4. The predicted molar refractivity (Wildman–Crippen MR) is 68.5 cm³/mol. The third-order valence-electron chi connectivity index (χ3n) is 3.90. The molecule has 1 N–H and O–H groups in total. The van der Waals surface area contributed by atoms with Gasteiger partial charge in [-0.15, -0.1) is 0 Å². The fraction of sp³-hybridized carbons (Fsp3) is 0.571. The van der Waals surface area contributed by atoms with Crippen molar-refractivity contribution in [1.82, 2.24) is 10.2 Å². The molecule has 0 aromatic heterocycles. The van der Waals surface area contributed by atoms with Gasteiger partial charge in [0.1, 0.15) is 5.75 Å². The Balaban J connectivity index is 1.78. The average Bonchev–Trinajstić information content (AvgIpc) is 2.86. The molecule has 1 atom stereocenters. The molecule has 1 saturated heterocycles. The lowest BCUT2D eigenvalue weighted by Crippen LogP contribution is -2.44. The molecule has 1 aromatic rings. The van der Waals surface area contributed by atoms with Crippen molar-refractivity contribution >= 4 is 0 Å². The van der Waals surface area contributed by atoms with Crippen LogP contribution < -0.4 is 10.1 Å². The van der Waals surface area contributed by atoms with Crippen molar-refractivity contribution in [3.63, 3.8) is 0 Å². The molecule has 1 fully saturated rings. The largest absolute Gasteiger partial charge is 0.493 e. The molecule has 0 bridgehead atoms. The quantitative estimate of drug-likeness (QED) is 0.838. The van der Waals surface area contributed by atoms with Gasteiger partial charge in [0.05, 0.1) is 6.61 Å². The number of hydrogen-bond acceptors (Lipinski definition) is 3. The Morgan fingerprint density at radius 2 is 2.12 bits per heavy atom. The summed E-state index contributed by atoms with van der Waals surface area (Å²) in [7, 11) is 0. The maximum Gasteiger partial charge on any atom is 0.122 e. The van der Waals surface area contributed by atoms with E-state index in [9.17, 15) is 0 Å². The van der Waals surface area contributed by atoms with Crippen molar-refractivity contribution in [3.8, 4) is 5.75 Å². The number of rotatable bonds is 2. The Bertz CT molecular complexity index is 399. The molecule has 0 radical (unpaired) electrons. The van der Waals surface area contributed by atoms with Gasteiger partial charge in [0.15, 0.2) is 0 Å². The van der Waals surface area contributed by atoms with Crippen LogP contribution in [0.3, 0.4) is 0 Å². The van der Waals surface area contributed by atoms with E-state index < -0.39 is 0 Å². The summed E-state index contributed by atoms with van der Waals surface area (Å²) in [6.07, 6.45) is 1.07. The van der Waals surface area contributed by atoms with Crippen LogP contribution in [-0.2, 0) is 6.42 Å². The normalized spacial score (nSPS) is 21.9. The van der Waals surface area contributed by atoms with Crippen molar-refractivity contribution in [3.05, 3.63) is 29.3 Å². The molecule has 3 rings (SSSR count). The SMILES string of the molecule is C[C@@H](c1ccc2c(c1)CCO2)N1CCNCC1. The minimum atomic E-state index is 0.517. The highest BCUT2D eigenvalue weighted by molar-refractivity contribution is 5.40. The van der Waals surface area contributed by atoms with Crippen molar-refractivity contribution in [2.45, 2.75) is 19.4 Å². The summed E-state index contributed by atoms with van der Waals surface area (Å²) in [5.41, 5.74) is 2.81. The molecule has 92 valence electrons. The number of ether oxygens (including phenoxy) is 1. The highest BCUT2D eigenvalue weighted by Gasteiger charge is 2.20. The molecule has 3 nitrogen and oxygen atoms in total. The minimum absolute atomic E-state index is 0.517. The Labute approximate surface area is 103 Å². The summed E-state index contributed by atoms with van der Waals surface area (Å²) in [6.45, 7) is 7.67. The smallest absolute Gasteiger partial charge is 0.122 e. The second-order valence-electron chi connectivity index (χ2n) is 4.93. The van der Waals surface area contributed by atoms with Crippen LogP contribution in [0.5, 0.6) is 5.75 Å². The van der Waals surface area contributed by atoms with E-state index in [1.165, 1.54) is 11.1 Å². The molecule has 0 aliphatic carbocycles. The number of fused-ring (bicyclic) bond motifs is 1. The van der Waals surface area contributed by atoms with Crippen molar-refractivity contribution < 1.29 is 4.74 Å². The van der Waals surface area contributed by atoms with E-state index in [0.29, 0.717) is 6.04 Å². The van der Waals surface area contributed by atoms with Gasteiger partial charge in [0.2, 0.25) is 0 Å². The van der Waals surface area contributed by atoms with Crippen LogP contribution in [0, 0.1) is 0 Å². The lowest BCUT2D eigenvalue weighted by atomic mass is 10.0. The highest BCUT2D eigenvalue weighted by Crippen LogP contribution is 2.30. The lowest BCUT2D eigenvalue weighted by molar-refractivity contribution is 0.185. The fourth-order valence-corrected chi connectivity index (χ4v) is 2.75. The van der Waals surface area contributed by atoms with E-state index in [0.717, 1.165) is 45.0 Å². The van der Waals surface area contributed by atoms with Gasteiger partial charge in [0.25, 0.3) is 0 Å². The Morgan fingerprint density at radius 3 is 2.94 bits per heavy atom. The van der Waals surface area contributed by atoms with Crippen LogP contribution in [0.15, 0.2) is 18.2 Å². The van der Waals surface area contributed by atoms with E-state index in [-0.39, 0.29) is 0 Å². The van der Waals surface area contributed by atoms with Crippen LogP contribution in [0.1, 0.15) is 24.1 Å². The summed E-state index contributed by atoms with van der Waals surface area (Å²) in [4.78, 5) is 2.55. The molecular weight excluding hydrogens is 212 g/mol. The van der Waals surface area contributed by atoms with E-state index in [2.05, 4.69) is 35.3 Å². The molecule has 0 amide bonds. The van der Waals surface area contributed by atoms with Crippen LogP contribution in [0.4, 0.5) is 0 Å². The van der Waals surface area contributed by atoms with Crippen LogP contribution >= 0.6 is 0 Å². The first-order valence-corrected chi connectivity index (χ1v) is 6.55. The van der Waals surface area contributed by atoms with Crippen LogP contribution in [0.25, 0.3) is 0 Å². The van der Waals surface area contributed by atoms with Gasteiger partial charge in [-0.3, -0.25) is 4.90 Å². The Hall–Kier alpha value is -1.06. The van der Waals surface area contributed by atoms with E-state index in [1.807, 2.05) is 0 Å². The summed E-state index contributed by atoms with van der Waals surface area (Å²) in [5.74, 6) is 1.08. The molecule has 0 spiro atoms. The van der Waals surface area contributed by atoms with Gasteiger partial charge in [-0.05, 0) is 24.1 Å². The van der Waals surface area contributed by atoms with Gasteiger partial charge >= 0.3 is 0 Å². The third-order valence-corrected chi connectivity index (χ3v) is 3.90. The van der Waals surface area contributed by atoms with Gasteiger partial charge in [-0.25, -0.2) is 0 Å². The maximum absolute atomic E-state index is 5.56. The molecule has 0 unspecified atom stereocenters. The summed E-state index contributed by atoms with van der Waals surface area (Å²) < 4.78 is 5.56. The second-order valence-corrected chi connectivity index (χ2v) is 4.93. The van der Waals surface area contributed by atoms with Gasteiger partial charge in [0, 0.05) is 38.6 Å². The number of nitrogens with zero attached hydrogens (tertiary/aromatic N) is 1. The third kappa shape index (κ3) is 2.17. The number of hydrogen-bond donors (Lipinski definition) is 1. The second kappa shape index (κ2) is 4.67. The first kappa shape index (κ1) is 11.1. The average molecular weight is 232 g/mol. The minimum Gasteiger partial charge on any atom is -0.493 e. The lowest BCUT2D eigenvalue weighted by Gasteiger charge is -2.33. The van der Waals surface area contributed by atoms with Crippen LogP contribution in [0.2, 0.25) is 0 Å². The molecular formula is C14H20N2O. The van der Waals surface area contributed by atoms with Crippen LogP contribution in [-0.4, -0.2) is 37.7 Å². The van der Waals surface area contributed by atoms with Gasteiger partial charge in [-0.1, -0.05) is 12.1 Å². The van der Waals surface area contributed by atoms with Gasteiger partial charge in [-0.2, -0.15) is 0 Å². The summed E-state index contributed by atoms with van der Waals surface area (Å²) >= 11 is 0. The molecule has 17 heavy (non-hydrogen) atoms. The zero-order chi connectivity index (χ0) is 11.7. The maximum atomic E-state index is 5.56. The van der Waals surface area contributed by atoms with E-state index >= 15 is 0 Å². The zero-order valence-electron chi connectivity index (χ0n) is 10.4. The predicted octanol–water partition coefficient (Wildman–Crippen LogP) is 1.59. The first-order chi connectivity index (χ1) is 8.34. The number of nitrogens with one attached hydrogen (secondary N) is 1. The number of benzene rings is 1. The van der Waals surface area contributed by atoms with Crippen molar-refractivity contribution in [2.24, 2.45) is 0 Å². The highest BCUT2D eigenvalue weighted by atomic mass is 16.5. The Kier molecular flexibility index (Phi) is 3.04. The number of piperazine rings is 1. The molecule has 2 heterocycles. The summed E-state index contributed by atoms with van der Waals surface area (Å²) in [6, 6.07) is 7.20. The molecule has 3 heteroatoms. The summed E-state index contributed by atoms with van der Waals surface area (Å²) in [5, 5.41) is 3.40. The fourth-order valence-electron chi connectivity index (χ4n) is 2.75. The topological polar surface area (TPSA) is 24.5 Å². The molecule has 2 aliphatic rings. The van der Waals surface area contributed by atoms with Crippen molar-refractivity contribution in [2.75, 3.05) is 32.8 Å². The Morgan fingerprint density at radius 1 is 1.29 bits per heavy atom. The molecule has 1 aromatic carbocycles. The van der Waals surface area contributed by atoms with Crippen molar-refractivity contribution in [1.29, 1.82) is 0 Å². The van der Waals surface area contributed by atoms with E-state index in [4.69, 9.17) is 4.74 Å². The van der Waals surface area contributed by atoms with Gasteiger partial charge < -0.3 is 10.1 Å². The monoisotopic (exact) mass is 232 g/mol. The molecule has 2 aliphatic heterocycles. The standard InChI is InChI=1S/C14H20N2O/c1-11(16-7-5-15-6-8-16)12-2-3-14-13(10-12)4-9-17-14/h2-3,10-11,15H,4-9H2,1H3/t11-/m0/s1. The van der Waals surface area contributed by atoms with E-state index in [1.54, 1.807) is 0 Å².